The molecular formula is C17H14O6. The van der Waals surface area contributed by atoms with Crippen LogP contribution in [0, 0.1) is 6.92 Å². The Labute approximate surface area is 131 Å². The van der Waals surface area contributed by atoms with Crippen molar-refractivity contribution in [3.63, 3.8) is 0 Å². The highest BCUT2D eigenvalue weighted by Crippen LogP contribution is 2.33. The first-order valence-corrected chi connectivity index (χ1v) is 6.84. The fraction of sp³-hybridized carbons (Fsp3) is 0.176. The predicted octanol–water partition coefficient (Wildman–Crippen LogP) is 2.57. The van der Waals surface area contributed by atoms with E-state index in [9.17, 15) is 9.59 Å². The van der Waals surface area contributed by atoms with Gasteiger partial charge in [-0.1, -0.05) is 0 Å². The summed E-state index contributed by atoms with van der Waals surface area (Å²) in [5, 5.41) is 0.247. The highest BCUT2D eigenvalue weighted by molar-refractivity contribution is 6.18. The lowest BCUT2D eigenvalue weighted by Gasteiger charge is -2.11. The highest BCUT2D eigenvalue weighted by atomic mass is 16.6. The van der Waals surface area contributed by atoms with E-state index >= 15 is 0 Å². The zero-order valence-corrected chi connectivity index (χ0v) is 12.8. The number of allylic oxidation sites excluding steroid dienone is 2. The van der Waals surface area contributed by atoms with Gasteiger partial charge in [0.15, 0.2) is 0 Å². The van der Waals surface area contributed by atoms with Gasteiger partial charge in [-0.3, -0.25) is 4.79 Å². The number of hydrogen-bond donors (Lipinski definition) is 0. The lowest BCUT2D eigenvalue weighted by Crippen LogP contribution is -2.15. The topological polar surface area (TPSA) is 75.0 Å². The first-order chi connectivity index (χ1) is 11.1. The average molecular weight is 314 g/mol. The summed E-state index contributed by atoms with van der Waals surface area (Å²) in [6.07, 6.45) is 4.27. The molecule has 0 aliphatic carbocycles. The van der Waals surface area contributed by atoms with Crippen LogP contribution in [0.15, 0.2) is 39.8 Å². The summed E-state index contributed by atoms with van der Waals surface area (Å²) in [6, 6.07) is 3.43. The maximum Gasteiger partial charge on any atom is 0.338 e. The van der Waals surface area contributed by atoms with Crippen molar-refractivity contribution in [1.82, 2.24) is 0 Å². The number of benzene rings is 1. The third-order valence-corrected chi connectivity index (χ3v) is 3.48. The van der Waals surface area contributed by atoms with E-state index in [1.807, 2.05) is 6.92 Å². The largest absolute Gasteiger partial charge is 0.496 e. The number of carbonyl (C=O) groups excluding carboxylic acids is 1. The van der Waals surface area contributed by atoms with Crippen molar-refractivity contribution in [2.45, 2.75) is 6.92 Å². The molecular weight excluding hydrogens is 300 g/mol. The van der Waals surface area contributed by atoms with E-state index in [0.717, 1.165) is 5.56 Å². The van der Waals surface area contributed by atoms with Crippen LogP contribution in [0.1, 0.15) is 11.1 Å². The summed E-state index contributed by atoms with van der Waals surface area (Å²) in [6.45, 7) is 1.86. The molecule has 0 saturated carbocycles. The Hall–Kier alpha value is -3.02. The Morgan fingerprint density at radius 1 is 1.22 bits per heavy atom. The molecule has 23 heavy (non-hydrogen) atoms. The van der Waals surface area contributed by atoms with Gasteiger partial charge < -0.3 is 18.6 Å². The molecule has 6 nitrogen and oxygen atoms in total. The van der Waals surface area contributed by atoms with Gasteiger partial charge in [-0.2, -0.15) is 0 Å². The molecule has 1 aromatic carbocycles. The van der Waals surface area contributed by atoms with Crippen molar-refractivity contribution in [2.24, 2.45) is 0 Å². The minimum atomic E-state index is -0.654. The van der Waals surface area contributed by atoms with Gasteiger partial charge in [-0.15, -0.1) is 0 Å². The van der Waals surface area contributed by atoms with Crippen LogP contribution in [0.3, 0.4) is 0 Å². The van der Waals surface area contributed by atoms with Crippen molar-refractivity contribution in [3.05, 3.63) is 51.9 Å². The Morgan fingerprint density at radius 3 is 2.70 bits per heavy atom. The molecule has 0 amide bonds. The Bertz CT molecular complexity index is 917. The SMILES string of the molecule is COC(=O)C1=CC=COc2oc3cc(C)cc(OC)c3c(=O)c21. The normalized spacial score (nSPS) is 12.9. The molecule has 0 N–H and O–H groups in total. The van der Waals surface area contributed by atoms with Crippen LogP contribution in [0.2, 0.25) is 0 Å². The molecule has 1 aromatic heterocycles. The first kappa shape index (κ1) is 14.9. The van der Waals surface area contributed by atoms with E-state index in [-0.39, 0.29) is 22.5 Å². The summed E-state index contributed by atoms with van der Waals surface area (Å²) in [5.41, 5.74) is 0.847. The number of aryl methyl sites for hydroxylation is 1. The second-order valence-corrected chi connectivity index (χ2v) is 4.95. The zero-order chi connectivity index (χ0) is 16.6. The Kier molecular flexibility index (Phi) is 3.65. The van der Waals surface area contributed by atoms with Crippen LogP contribution in [0.25, 0.3) is 16.5 Å². The van der Waals surface area contributed by atoms with Crippen LogP contribution >= 0.6 is 0 Å². The third-order valence-electron chi connectivity index (χ3n) is 3.48. The van der Waals surface area contributed by atoms with Gasteiger partial charge in [0.1, 0.15) is 22.3 Å². The Balaban J connectivity index is 2.43. The van der Waals surface area contributed by atoms with Gasteiger partial charge in [0, 0.05) is 0 Å². The predicted molar refractivity (Wildman–Crippen MR) is 83.5 cm³/mol. The highest BCUT2D eigenvalue weighted by Gasteiger charge is 2.27. The minimum absolute atomic E-state index is 0.0107. The monoisotopic (exact) mass is 314 g/mol. The number of ether oxygens (including phenoxy) is 3. The van der Waals surface area contributed by atoms with Crippen LogP contribution in [-0.2, 0) is 9.53 Å². The van der Waals surface area contributed by atoms with Gasteiger partial charge in [0.05, 0.1) is 26.1 Å². The zero-order valence-electron chi connectivity index (χ0n) is 12.8. The molecule has 118 valence electrons. The van der Waals surface area contributed by atoms with Crippen LogP contribution < -0.4 is 14.9 Å². The van der Waals surface area contributed by atoms with Crippen molar-refractivity contribution in [2.75, 3.05) is 14.2 Å². The van der Waals surface area contributed by atoms with E-state index in [0.29, 0.717) is 11.3 Å². The molecule has 2 heterocycles. The molecule has 1 aliphatic heterocycles. The maximum atomic E-state index is 13.0. The van der Waals surface area contributed by atoms with Crippen molar-refractivity contribution < 1.29 is 23.4 Å². The van der Waals surface area contributed by atoms with E-state index in [1.165, 1.54) is 32.6 Å². The molecule has 0 bridgehead atoms. The second-order valence-electron chi connectivity index (χ2n) is 4.95. The minimum Gasteiger partial charge on any atom is -0.496 e. The number of methoxy groups -OCH3 is 2. The maximum absolute atomic E-state index is 13.0. The summed E-state index contributed by atoms with van der Waals surface area (Å²) >= 11 is 0. The molecule has 1 aliphatic rings. The van der Waals surface area contributed by atoms with Crippen molar-refractivity contribution in [1.29, 1.82) is 0 Å². The summed E-state index contributed by atoms with van der Waals surface area (Å²) in [7, 11) is 2.71. The number of rotatable bonds is 2. The van der Waals surface area contributed by atoms with Gasteiger partial charge in [0.25, 0.3) is 0 Å². The van der Waals surface area contributed by atoms with Gasteiger partial charge >= 0.3 is 11.9 Å². The average Bonchev–Trinajstić information content (AvgIpc) is 2.75. The lowest BCUT2D eigenvalue weighted by molar-refractivity contribution is -0.133. The molecule has 0 saturated heterocycles. The fourth-order valence-corrected chi connectivity index (χ4v) is 2.47. The van der Waals surface area contributed by atoms with Crippen LogP contribution in [0.5, 0.6) is 11.7 Å². The van der Waals surface area contributed by atoms with E-state index in [1.54, 1.807) is 12.1 Å². The molecule has 0 unspecified atom stereocenters. The summed E-state index contributed by atoms with van der Waals surface area (Å²) in [4.78, 5) is 24.9. The lowest BCUT2D eigenvalue weighted by atomic mass is 10.0. The quantitative estimate of drug-likeness (QED) is 0.793. The number of fused-ring (bicyclic) bond motifs is 2. The number of esters is 1. The van der Waals surface area contributed by atoms with E-state index in [4.69, 9.17) is 18.6 Å². The van der Waals surface area contributed by atoms with Crippen molar-refractivity contribution >= 4 is 22.5 Å². The summed E-state index contributed by atoms with van der Waals surface area (Å²) < 4.78 is 21.0. The molecule has 0 atom stereocenters. The number of hydrogen-bond acceptors (Lipinski definition) is 6. The first-order valence-electron chi connectivity index (χ1n) is 6.84. The Morgan fingerprint density at radius 2 is 2.00 bits per heavy atom. The second kappa shape index (κ2) is 5.64. The molecule has 0 spiro atoms. The number of carbonyl (C=O) groups is 1. The standard InChI is InChI=1S/C17H14O6/c1-9-7-11(20-2)14-12(8-9)23-17-13(15(14)18)10(16(19)21-3)5-4-6-22-17/h4-8H,1-3H3. The van der Waals surface area contributed by atoms with Crippen molar-refractivity contribution in [3.8, 4) is 11.7 Å². The van der Waals surface area contributed by atoms with Crippen LogP contribution in [-0.4, -0.2) is 20.2 Å². The van der Waals surface area contributed by atoms with Gasteiger partial charge in [0.2, 0.25) is 5.43 Å². The van der Waals surface area contributed by atoms with Gasteiger partial charge in [-0.25, -0.2) is 4.79 Å². The van der Waals surface area contributed by atoms with Gasteiger partial charge in [-0.05, 0) is 36.8 Å². The summed E-state index contributed by atoms with van der Waals surface area (Å²) in [5.74, 6) is -0.336. The molecule has 0 fully saturated rings. The van der Waals surface area contributed by atoms with E-state index < -0.39 is 11.4 Å². The molecule has 3 rings (SSSR count). The molecule has 6 heteroatoms. The smallest absolute Gasteiger partial charge is 0.338 e. The van der Waals surface area contributed by atoms with Crippen LogP contribution in [0.4, 0.5) is 0 Å². The molecule has 2 aromatic rings. The molecule has 0 radical (unpaired) electrons. The van der Waals surface area contributed by atoms with E-state index in [2.05, 4.69) is 0 Å². The fourth-order valence-electron chi connectivity index (χ4n) is 2.47. The third kappa shape index (κ3) is 2.38.